The van der Waals surface area contributed by atoms with E-state index in [2.05, 4.69) is 55.4 Å². The van der Waals surface area contributed by atoms with E-state index in [1.807, 2.05) is 13.8 Å². The summed E-state index contributed by atoms with van der Waals surface area (Å²) in [6.45, 7) is 21.4. The number of fused-ring (bicyclic) bond motifs is 1. The highest BCUT2D eigenvalue weighted by molar-refractivity contribution is 5.78. The smallest absolute Gasteiger partial charge is 0.312 e. The summed E-state index contributed by atoms with van der Waals surface area (Å²) >= 11 is 0. The van der Waals surface area contributed by atoms with Crippen LogP contribution < -0.4 is 0 Å². The van der Waals surface area contributed by atoms with Crippen LogP contribution in [0.25, 0.3) is 0 Å². The summed E-state index contributed by atoms with van der Waals surface area (Å²) in [7, 11) is 0. The first-order valence-electron chi connectivity index (χ1n) is 12.3. The Morgan fingerprint density at radius 2 is 1.57 bits per heavy atom. The van der Waals surface area contributed by atoms with Crippen LogP contribution >= 0.6 is 0 Å². The molecule has 0 saturated heterocycles. The van der Waals surface area contributed by atoms with Crippen LogP contribution in [-0.2, 0) is 9.53 Å². The Labute approximate surface area is 184 Å². The molecule has 4 fully saturated rings. The van der Waals surface area contributed by atoms with Gasteiger partial charge in [-0.2, -0.15) is 0 Å². The highest BCUT2D eigenvalue weighted by Crippen LogP contribution is 2.92. The minimum atomic E-state index is -0.675. The maximum Gasteiger partial charge on any atom is 0.312 e. The van der Waals surface area contributed by atoms with Crippen molar-refractivity contribution in [3.05, 3.63) is 0 Å². The quantitative estimate of drug-likeness (QED) is 0.509. The first-order valence-corrected chi connectivity index (χ1v) is 12.3. The molecule has 3 heteroatoms. The number of hydrogen-bond donors (Lipinski definition) is 1. The summed E-state index contributed by atoms with van der Waals surface area (Å²) in [5, 5.41) is 11.2. The van der Waals surface area contributed by atoms with Gasteiger partial charge < -0.3 is 9.84 Å². The van der Waals surface area contributed by atoms with E-state index in [0.717, 1.165) is 38.0 Å². The SMILES string of the molecule is CC(C)CC(C)(C(=O)OC(C)(C)C12CC3CC4CC(C(C)(C)O)(CC431)C2)C(C)(C)C. The average Bonchev–Trinajstić information content (AvgIpc) is 2.98. The molecular formula is C27H46O3. The zero-order chi connectivity index (χ0) is 22.8. The van der Waals surface area contributed by atoms with Gasteiger partial charge in [0.05, 0.1) is 11.0 Å². The van der Waals surface area contributed by atoms with Crippen molar-refractivity contribution in [2.75, 3.05) is 0 Å². The molecule has 0 radical (unpaired) electrons. The largest absolute Gasteiger partial charge is 0.459 e. The van der Waals surface area contributed by atoms with Gasteiger partial charge in [0, 0.05) is 10.8 Å². The molecular weight excluding hydrogens is 372 g/mol. The van der Waals surface area contributed by atoms with Gasteiger partial charge in [-0.25, -0.2) is 0 Å². The lowest BCUT2D eigenvalue weighted by atomic mass is 9.29. The summed E-state index contributed by atoms with van der Waals surface area (Å²) in [5.41, 5.74) is -1.55. The average molecular weight is 419 g/mol. The second-order valence-electron chi connectivity index (χ2n) is 14.4. The maximum absolute atomic E-state index is 13.8. The van der Waals surface area contributed by atoms with Gasteiger partial charge in [0.2, 0.25) is 0 Å². The van der Waals surface area contributed by atoms with E-state index in [4.69, 9.17) is 4.74 Å². The zero-order valence-electron chi connectivity index (χ0n) is 21.2. The molecule has 4 rings (SSSR count). The molecule has 0 amide bonds. The number of carbonyl (C=O) groups excluding carboxylic acids is 1. The van der Waals surface area contributed by atoms with Gasteiger partial charge >= 0.3 is 5.97 Å². The highest BCUT2D eigenvalue weighted by atomic mass is 16.6. The summed E-state index contributed by atoms with van der Waals surface area (Å²) in [5.74, 6) is 1.89. The maximum atomic E-state index is 13.8. The van der Waals surface area contributed by atoms with Gasteiger partial charge in [0.1, 0.15) is 5.60 Å². The Hall–Kier alpha value is -0.570. The predicted molar refractivity (Wildman–Crippen MR) is 121 cm³/mol. The fourth-order valence-electron chi connectivity index (χ4n) is 8.90. The molecule has 4 saturated carbocycles. The number of ether oxygens (including phenoxy) is 1. The van der Waals surface area contributed by atoms with Crippen LogP contribution in [0, 0.1) is 44.8 Å². The van der Waals surface area contributed by atoms with Crippen molar-refractivity contribution < 1.29 is 14.6 Å². The minimum Gasteiger partial charge on any atom is -0.459 e. The van der Waals surface area contributed by atoms with Gasteiger partial charge in [-0.3, -0.25) is 4.79 Å². The lowest BCUT2D eigenvalue weighted by Crippen LogP contribution is -2.74. The second kappa shape index (κ2) is 5.86. The first-order chi connectivity index (χ1) is 13.4. The number of rotatable bonds is 6. The number of carbonyl (C=O) groups is 1. The predicted octanol–water partition coefficient (Wildman–Crippen LogP) is 6.37. The van der Waals surface area contributed by atoms with E-state index < -0.39 is 16.6 Å². The Balaban J connectivity index is 1.66. The van der Waals surface area contributed by atoms with Crippen molar-refractivity contribution in [3.63, 3.8) is 0 Å². The van der Waals surface area contributed by atoms with Crippen LogP contribution in [0.15, 0.2) is 0 Å². The molecule has 0 aromatic heterocycles. The fraction of sp³-hybridized carbons (Fsp3) is 0.963. The molecule has 6 unspecified atom stereocenters. The van der Waals surface area contributed by atoms with Crippen molar-refractivity contribution in [1.82, 2.24) is 0 Å². The van der Waals surface area contributed by atoms with Gasteiger partial charge in [-0.1, -0.05) is 34.6 Å². The number of hydrogen-bond acceptors (Lipinski definition) is 3. The number of esters is 1. The fourth-order valence-corrected chi connectivity index (χ4v) is 8.90. The third kappa shape index (κ3) is 2.40. The topological polar surface area (TPSA) is 46.5 Å². The van der Waals surface area contributed by atoms with Gasteiger partial charge in [0.25, 0.3) is 0 Å². The van der Waals surface area contributed by atoms with E-state index in [0.29, 0.717) is 17.3 Å². The van der Waals surface area contributed by atoms with Crippen LogP contribution in [-0.4, -0.2) is 22.3 Å². The Kier molecular flexibility index (Phi) is 4.42. The van der Waals surface area contributed by atoms with Crippen LogP contribution in [0.1, 0.15) is 108 Å². The number of aliphatic hydroxyl groups is 1. The third-order valence-electron chi connectivity index (χ3n) is 11.1. The lowest BCUT2D eigenvalue weighted by molar-refractivity contribution is -0.315. The van der Waals surface area contributed by atoms with Crippen LogP contribution in [0.4, 0.5) is 0 Å². The summed E-state index contributed by atoms with van der Waals surface area (Å²) in [4.78, 5) is 13.8. The molecule has 1 N–H and O–H groups in total. The van der Waals surface area contributed by atoms with E-state index in [1.165, 1.54) is 6.42 Å². The Morgan fingerprint density at radius 1 is 1.00 bits per heavy atom. The zero-order valence-corrected chi connectivity index (χ0v) is 21.2. The third-order valence-corrected chi connectivity index (χ3v) is 11.1. The second-order valence-corrected chi connectivity index (χ2v) is 14.4. The van der Waals surface area contributed by atoms with Gasteiger partial charge in [0.15, 0.2) is 0 Å². The monoisotopic (exact) mass is 418 g/mol. The molecule has 0 aromatic rings. The van der Waals surface area contributed by atoms with E-state index in [1.54, 1.807) is 0 Å². The van der Waals surface area contributed by atoms with Crippen LogP contribution in [0.2, 0.25) is 0 Å². The van der Waals surface area contributed by atoms with Gasteiger partial charge in [-0.15, -0.1) is 0 Å². The molecule has 0 aliphatic heterocycles. The summed E-state index contributed by atoms with van der Waals surface area (Å²) < 4.78 is 6.59. The van der Waals surface area contributed by atoms with E-state index in [-0.39, 0.29) is 22.2 Å². The van der Waals surface area contributed by atoms with Crippen molar-refractivity contribution >= 4 is 5.97 Å². The van der Waals surface area contributed by atoms with Crippen LogP contribution in [0.3, 0.4) is 0 Å². The minimum absolute atomic E-state index is 0.0160. The summed E-state index contributed by atoms with van der Waals surface area (Å²) in [6, 6.07) is 0. The summed E-state index contributed by atoms with van der Waals surface area (Å²) in [6.07, 6.45) is 6.61. The molecule has 4 aliphatic rings. The Morgan fingerprint density at radius 3 is 2.03 bits per heavy atom. The lowest BCUT2D eigenvalue weighted by Gasteiger charge is -2.76. The van der Waals surface area contributed by atoms with E-state index in [9.17, 15) is 9.90 Å². The molecule has 0 heterocycles. The molecule has 2 bridgehead atoms. The van der Waals surface area contributed by atoms with Gasteiger partial charge in [-0.05, 0) is 102 Å². The molecule has 1 spiro atoms. The standard InChI is InChI=1S/C27H46O3/c1-17(2)12-24(10,21(3,4)5)20(28)30-23(8,9)26-14-19-11-18-13-25(15-26,22(6,7)29)16-27(18,19)26/h17-19,29H,11-16H2,1-10H3. The van der Waals surface area contributed by atoms with Crippen molar-refractivity contribution in [2.24, 2.45) is 44.8 Å². The van der Waals surface area contributed by atoms with Crippen molar-refractivity contribution in [3.8, 4) is 0 Å². The molecule has 172 valence electrons. The molecule has 6 atom stereocenters. The highest BCUT2D eigenvalue weighted by Gasteiger charge is 2.88. The van der Waals surface area contributed by atoms with Crippen molar-refractivity contribution in [1.29, 1.82) is 0 Å². The first kappa shape index (κ1) is 22.6. The molecule has 0 aromatic carbocycles. The van der Waals surface area contributed by atoms with Crippen molar-refractivity contribution in [2.45, 2.75) is 119 Å². The normalized spacial score (nSPS) is 41.7. The van der Waals surface area contributed by atoms with E-state index >= 15 is 0 Å². The van der Waals surface area contributed by atoms with Crippen LogP contribution in [0.5, 0.6) is 0 Å². The molecule has 30 heavy (non-hydrogen) atoms. The molecule has 4 aliphatic carbocycles. The molecule has 3 nitrogen and oxygen atoms in total. The Bertz CT molecular complexity index is 753.